The average molecular weight is 298 g/mol. The number of carbonyl (C=O) groups excluding carboxylic acids is 2. The molecule has 0 unspecified atom stereocenters. The molecule has 0 bridgehead atoms. The molecule has 0 saturated carbocycles. The third-order valence-electron chi connectivity index (χ3n) is 3.66. The fraction of sp³-hybridized carbons (Fsp3) is 0.312. The maximum Gasteiger partial charge on any atom is 0.251 e. The van der Waals surface area contributed by atoms with Crippen molar-refractivity contribution in [2.75, 3.05) is 5.32 Å². The lowest BCUT2D eigenvalue weighted by atomic mass is 10.00. The van der Waals surface area contributed by atoms with Crippen LogP contribution in [0.2, 0.25) is 0 Å². The zero-order chi connectivity index (χ0) is 15.5. The van der Waals surface area contributed by atoms with Crippen LogP contribution in [0.3, 0.4) is 0 Å². The second kappa shape index (κ2) is 6.01. The Hall–Kier alpha value is -2.63. The van der Waals surface area contributed by atoms with E-state index in [2.05, 4.69) is 15.7 Å². The van der Waals surface area contributed by atoms with Gasteiger partial charge in [-0.15, -0.1) is 0 Å². The quantitative estimate of drug-likeness (QED) is 0.900. The smallest absolute Gasteiger partial charge is 0.251 e. The fourth-order valence-corrected chi connectivity index (χ4v) is 2.57. The lowest BCUT2D eigenvalue weighted by Gasteiger charge is -2.18. The number of hydrogen-bond acceptors (Lipinski definition) is 3. The molecule has 0 aliphatic carbocycles. The highest BCUT2D eigenvalue weighted by molar-refractivity contribution is 5.98. The van der Waals surface area contributed by atoms with Crippen LogP contribution in [0.5, 0.6) is 0 Å². The van der Waals surface area contributed by atoms with Crippen molar-refractivity contribution in [3.8, 4) is 0 Å². The Morgan fingerprint density at radius 2 is 2.32 bits per heavy atom. The van der Waals surface area contributed by atoms with Crippen LogP contribution in [0.25, 0.3) is 0 Å². The van der Waals surface area contributed by atoms with Gasteiger partial charge in [-0.2, -0.15) is 5.10 Å². The summed E-state index contributed by atoms with van der Waals surface area (Å²) < 4.78 is 1.79. The highest BCUT2D eigenvalue weighted by atomic mass is 16.2. The number of nitrogens with zero attached hydrogens (tertiary/aromatic N) is 2. The Balaban J connectivity index is 1.66. The third kappa shape index (κ3) is 3.16. The van der Waals surface area contributed by atoms with Crippen LogP contribution >= 0.6 is 0 Å². The van der Waals surface area contributed by atoms with Crippen molar-refractivity contribution < 1.29 is 9.59 Å². The van der Waals surface area contributed by atoms with Crippen LogP contribution in [0.1, 0.15) is 29.3 Å². The van der Waals surface area contributed by atoms with E-state index < -0.39 is 0 Å². The number of fused-ring (bicyclic) bond motifs is 1. The highest BCUT2D eigenvalue weighted by Crippen LogP contribution is 2.23. The van der Waals surface area contributed by atoms with Crippen LogP contribution < -0.4 is 10.6 Å². The molecule has 0 saturated heterocycles. The van der Waals surface area contributed by atoms with E-state index in [9.17, 15) is 9.59 Å². The van der Waals surface area contributed by atoms with Crippen LogP contribution in [0.4, 0.5) is 5.69 Å². The van der Waals surface area contributed by atoms with E-state index in [1.807, 2.05) is 25.3 Å². The summed E-state index contributed by atoms with van der Waals surface area (Å²) in [6.45, 7) is 2.57. The summed E-state index contributed by atoms with van der Waals surface area (Å²) in [6, 6.07) is 7.21. The van der Waals surface area contributed by atoms with Gasteiger partial charge in [-0.3, -0.25) is 14.3 Å². The molecule has 1 atom stereocenters. The highest BCUT2D eigenvalue weighted by Gasteiger charge is 2.17. The van der Waals surface area contributed by atoms with Gasteiger partial charge >= 0.3 is 0 Å². The molecule has 2 heterocycles. The molecule has 22 heavy (non-hydrogen) atoms. The predicted octanol–water partition coefficient (Wildman–Crippen LogP) is 1.59. The lowest BCUT2D eigenvalue weighted by Crippen LogP contribution is -2.36. The minimum absolute atomic E-state index is 0.0249. The van der Waals surface area contributed by atoms with Crippen LogP contribution in [-0.2, 0) is 17.8 Å². The molecule has 6 heteroatoms. The summed E-state index contributed by atoms with van der Waals surface area (Å²) >= 11 is 0. The molecule has 2 N–H and O–H groups in total. The summed E-state index contributed by atoms with van der Waals surface area (Å²) in [5.41, 5.74) is 2.42. The molecule has 3 rings (SSSR count). The summed E-state index contributed by atoms with van der Waals surface area (Å²) in [4.78, 5) is 23.6. The van der Waals surface area contributed by atoms with Gasteiger partial charge in [-0.05, 0) is 43.2 Å². The summed E-state index contributed by atoms with van der Waals surface area (Å²) in [7, 11) is 0. The zero-order valence-corrected chi connectivity index (χ0v) is 12.4. The molecule has 2 amide bonds. The van der Waals surface area contributed by atoms with Gasteiger partial charge in [0.25, 0.3) is 5.91 Å². The first-order valence-corrected chi connectivity index (χ1v) is 7.33. The summed E-state index contributed by atoms with van der Waals surface area (Å²) in [5.74, 6) is -0.0862. The first-order valence-electron chi connectivity index (χ1n) is 7.33. The van der Waals surface area contributed by atoms with Crippen LogP contribution in [-0.4, -0.2) is 27.6 Å². The topological polar surface area (TPSA) is 76.0 Å². The zero-order valence-electron chi connectivity index (χ0n) is 12.4. The molecule has 0 radical (unpaired) electrons. The van der Waals surface area contributed by atoms with Gasteiger partial charge in [0.15, 0.2) is 0 Å². The minimum atomic E-state index is -0.112. The monoisotopic (exact) mass is 298 g/mol. The van der Waals surface area contributed by atoms with Gasteiger partial charge in [0.05, 0.1) is 6.54 Å². The molecule has 2 aromatic rings. The van der Waals surface area contributed by atoms with Gasteiger partial charge in [0.1, 0.15) is 0 Å². The molecule has 1 aromatic carbocycles. The first-order chi connectivity index (χ1) is 10.6. The lowest BCUT2D eigenvalue weighted by molar-refractivity contribution is -0.116. The molecule has 114 valence electrons. The predicted molar refractivity (Wildman–Crippen MR) is 82.5 cm³/mol. The molecular weight excluding hydrogens is 280 g/mol. The van der Waals surface area contributed by atoms with Crippen molar-refractivity contribution in [1.82, 2.24) is 15.1 Å². The summed E-state index contributed by atoms with van der Waals surface area (Å²) in [6.07, 6.45) is 4.72. The van der Waals surface area contributed by atoms with Crippen molar-refractivity contribution in [1.29, 1.82) is 0 Å². The van der Waals surface area contributed by atoms with E-state index >= 15 is 0 Å². The van der Waals surface area contributed by atoms with E-state index in [0.29, 0.717) is 24.9 Å². The van der Waals surface area contributed by atoms with Crippen LogP contribution in [0.15, 0.2) is 36.7 Å². The van der Waals surface area contributed by atoms with Crippen molar-refractivity contribution in [2.24, 2.45) is 0 Å². The maximum absolute atomic E-state index is 12.3. The molecule has 1 aromatic heterocycles. The minimum Gasteiger partial charge on any atom is -0.348 e. The molecule has 6 nitrogen and oxygen atoms in total. The number of anilines is 1. The average Bonchev–Trinajstić information content (AvgIpc) is 2.99. The van der Waals surface area contributed by atoms with E-state index in [4.69, 9.17) is 0 Å². The van der Waals surface area contributed by atoms with Crippen LogP contribution in [0, 0.1) is 0 Å². The van der Waals surface area contributed by atoms with Gasteiger partial charge in [-0.1, -0.05) is 0 Å². The molecule has 0 spiro atoms. The van der Waals surface area contributed by atoms with Crippen molar-refractivity contribution in [2.45, 2.75) is 32.4 Å². The largest absolute Gasteiger partial charge is 0.348 e. The number of hydrogen-bond donors (Lipinski definition) is 2. The van der Waals surface area contributed by atoms with Gasteiger partial charge in [0.2, 0.25) is 5.91 Å². The SMILES string of the molecule is C[C@@H](Cn1cccn1)NC(=O)c1ccc2c(c1)CCC(=O)N2. The molecule has 1 aliphatic rings. The number of nitrogens with one attached hydrogen (secondary N) is 2. The van der Waals surface area contributed by atoms with E-state index in [0.717, 1.165) is 11.3 Å². The maximum atomic E-state index is 12.3. The second-order valence-corrected chi connectivity index (χ2v) is 5.52. The Morgan fingerprint density at radius 3 is 3.09 bits per heavy atom. The Kier molecular flexibility index (Phi) is 3.91. The number of benzene rings is 1. The van der Waals surface area contributed by atoms with E-state index in [1.165, 1.54) is 0 Å². The van der Waals surface area contributed by atoms with Gasteiger partial charge in [0, 0.05) is 36.1 Å². The summed E-state index contributed by atoms with van der Waals surface area (Å²) in [5, 5.41) is 9.90. The normalized spacial score (nSPS) is 14.9. The molecule has 1 aliphatic heterocycles. The first kappa shape index (κ1) is 14.3. The van der Waals surface area contributed by atoms with Crippen molar-refractivity contribution in [3.63, 3.8) is 0 Å². The number of carbonyl (C=O) groups is 2. The fourth-order valence-electron chi connectivity index (χ4n) is 2.57. The Bertz CT molecular complexity index is 694. The standard InChI is InChI=1S/C16H18N4O2/c1-11(10-20-8-2-7-17-20)18-16(22)13-3-5-14-12(9-13)4-6-15(21)19-14/h2-3,5,7-9,11H,4,6,10H2,1H3,(H,18,22)(H,19,21)/t11-/m0/s1. The van der Waals surface area contributed by atoms with Gasteiger partial charge < -0.3 is 10.6 Å². The number of aromatic nitrogens is 2. The molecule has 0 fully saturated rings. The van der Waals surface area contributed by atoms with Crippen molar-refractivity contribution >= 4 is 17.5 Å². The number of amides is 2. The molecular formula is C16H18N4O2. The van der Waals surface area contributed by atoms with E-state index in [-0.39, 0.29) is 17.9 Å². The Labute approximate surface area is 128 Å². The van der Waals surface area contributed by atoms with E-state index in [1.54, 1.807) is 23.0 Å². The van der Waals surface area contributed by atoms with Crippen molar-refractivity contribution in [3.05, 3.63) is 47.8 Å². The third-order valence-corrected chi connectivity index (χ3v) is 3.66. The number of aryl methyl sites for hydroxylation is 1. The number of rotatable bonds is 4. The Morgan fingerprint density at radius 1 is 1.45 bits per heavy atom. The van der Waals surface area contributed by atoms with Gasteiger partial charge in [-0.25, -0.2) is 0 Å². The second-order valence-electron chi connectivity index (χ2n) is 5.52.